The number of benzene rings is 2. The van der Waals surface area contributed by atoms with Gasteiger partial charge in [-0.2, -0.15) is 5.26 Å². The van der Waals surface area contributed by atoms with Gasteiger partial charge in [0.2, 0.25) is 5.91 Å². The zero-order chi connectivity index (χ0) is 26.2. The average molecular weight is 529 g/mol. The van der Waals surface area contributed by atoms with Crippen molar-refractivity contribution in [3.8, 4) is 6.07 Å². The summed E-state index contributed by atoms with van der Waals surface area (Å²) in [4.78, 5) is 55.2. The van der Waals surface area contributed by atoms with Crippen LogP contribution in [0.25, 0.3) is 0 Å². The highest BCUT2D eigenvalue weighted by atomic mass is 35.5. The number of hydrogen-bond donors (Lipinski definition) is 1. The first-order chi connectivity index (χ1) is 17.1. The minimum Gasteiger partial charge on any atom is -0.481 e. The van der Waals surface area contributed by atoms with E-state index in [1.807, 2.05) is 0 Å². The van der Waals surface area contributed by atoms with E-state index in [-0.39, 0.29) is 54.0 Å². The molecule has 1 N–H and O–H groups in total. The Kier molecular flexibility index (Phi) is 6.94. The van der Waals surface area contributed by atoms with Crippen molar-refractivity contribution in [3.63, 3.8) is 0 Å². The van der Waals surface area contributed by atoms with Crippen LogP contribution in [0.5, 0.6) is 0 Å². The van der Waals surface area contributed by atoms with Gasteiger partial charge in [0.1, 0.15) is 5.54 Å². The number of aliphatic carboxylic acids is 1. The minimum atomic E-state index is -1.41. The van der Waals surface area contributed by atoms with Gasteiger partial charge in [-0.1, -0.05) is 35.3 Å². The van der Waals surface area contributed by atoms with Crippen LogP contribution in [0.15, 0.2) is 42.5 Å². The molecule has 2 aromatic carbocycles. The van der Waals surface area contributed by atoms with E-state index in [4.69, 9.17) is 28.3 Å². The number of nitriles is 1. The number of nitrogens with zero attached hydrogens (tertiary/aromatic N) is 4. The number of carbonyl (C=O) groups excluding carboxylic acids is 3. The lowest BCUT2D eigenvalue weighted by Gasteiger charge is -2.33. The van der Waals surface area contributed by atoms with Gasteiger partial charge in [0, 0.05) is 42.4 Å². The molecule has 11 heteroatoms. The predicted molar refractivity (Wildman–Crippen MR) is 132 cm³/mol. The quantitative estimate of drug-likeness (QED) is 0.567. The van der Waals surface area contributed by atoms with Crippen LogP contribution in [0.3, 0.4) is 0 Å². The molecule has 2 aromatic rings. The third-order valence-corrected chi connectivity index (χ3v) is 7.18. The van der Waals surface area contributed by atoms with Crippen LogP contribution in [0.1, 0.15) is 36.3 Å². The second kappa shape index (κ2) is 9.80. The Hall–Kier alpha value is -3.61. The summed E-state index contributed by atoms with van der Waals surface area (Å²) < 4.78 is 0. The Morgan fingerprint density at radius 2 is 1.75 bits per heavy atom. The van der Waals surface area contributed by atoms with Gasteiger partial charge in [-0.25, -0.2) is 9.69 Å². The standard InChI is InChI=1S/C25H22Cl2N4O5/c1-29-24(36)31(19-10-17(26)9-18(27)11-19)23(35)25(29)14-30(21(32)3-2-4-22(33)34)13-20(25)16-7-5-15(12-28)6-8-16/h5-11,20H,2-4,13-14H2,1H3,(H,33,34). The topological polar surface area (TPSA) is 122 Å². The van der Waals surface area contributed by atoms with E-state index in [0.717, 1.165) is 4.90 Å². The van der Waals surface area contributed by atoms with Crippen molar-refractivity contribution >= 4 is 52.7 Å². The first-order valence-electron chi connectivity index (χ1n) is 11.2. The number of carboxylic acid groups (broad SMARTS) is 1. The third kappa shape index (κ3) is 4.38. The van der Waals surface area contributed by atoms with Crippen LogP contribution >= 0.6 is 23.2 Å². The van der Waals surface area contributed by atoms with Gasteiger partial charge in [-0.3, -0.25) is 14.4 Å². The van der Waals surface area contributed by atoms with E-state index in [1.165, 1.54) is 35.0 Å². The molecule has 2 atom stereocenters. The van der Waals surface area contributed by atoms with Crippen LogP contribution in [-0.2, 0) is 14.4 Å². The Labute approximate surface area is 217 Å². The van der Waals surface area contributed by atoms with E-state index in [2.05, 4.69) is 6.07 Å². The summed E-state index contributed by atoms with van der Waals surface area (Å²) >= 11 is 12.3. The van der Waals surface area contributed by atoms with Gasteiger partial charge in [0.05, 0.1) is 23.9 Å². The molecule has 0 bridgehead atoms. The van der Waals surface area contributed by atoms with Gasteiger partial charge < -0.3 is 14.9 Å². The van der Waals surface area contributed by atoms with Crippen molar-refractivity contribution in [2.75, 3.05) is 25.0 Å². The fourth-order valence-corrected chi connectivity index (χ4v) is 5.46. The summed E-state index contributed by atoms with van der Waals surface area (Å²) in [6.07, 6.45) is 0.0153. The van der Waals surface area contributed by atoms with Gasteiger partial charge in [-0.15, -0.1) is 0 Å². The number of halogens is 2. The van der Waals surface area contributed by atoms with Gasteiger partial charge >= 0.3 is 12.0 Å². The molecule has 2 fully saturated rings. The van der Waals surface area contributed by atoms with Crippen molar-refractivity contribution in [2.45, 2.75) is 30.7 Å². The average Bonchev–Trinajstić information content (AvgIpc) is 3.32. The van der Waals surface area contributed by atoms with E-state index in [9.17, 15) is 24.4 Å². The predicted octanol–water partition coefficient (Wildman–Crippen LogP) is 3.88. The second-order valence-corrected chi connectivity index (χ2v) is 9.71. The fraction of sp³-hybridized carbons (Fsp3) is 0.320. The SMILES string of the molecule is CN1C(=O)N(c2cc(Cl)cc(Cl)c2)C(=O)C12CN(C(=O)CCCC(=O)O)CC2c1ccc(C#N)cc1. The number of likely N-dealkylation sites (tertiary alicyclic amines) is 1. The van der Waals surface area contributed by atoms with Gasteiger partial charge in [-0.05, 0) is 42.3 Å². The molecule has 2 unspecified atom stereocenters. The van der Waals surface area contributed by atoms with Crippen LogP contribution in [0.4, 0.5) is 10.5 Å². The van der Waals surface area contributed by atoms with E-state index >= 15 is 0 Å². The molecule has 0 aromatic heterocycles. The Morgan fingerprint density at radius 3 is 2.33 bits per heavy atom. The molecule has 0 saturated carbocycles. The fourth-order valence-electron chi connectivity index (χ4n) is 4.94. The van der Waals surface area contributed by atoms with Crippen LogP contribution in [0.2, 0.25) is 10.0 Å². The summed E-state index contributed by atoms with van der Waals surface area (Å²) in [5, 5.41) is 18.6. The highest BCUT2D eigenvalue weighted by molar-refractivity contribution is 6.35. The number of carbonyl (C=O) groups is 4. The molecular formula is C25H22Cl2N4O5. The molecule has 4 rings (SSSR count). The lowest BCUT2D eigenvalue weighted by atomic mass is 9.80. The first-order valence-corrected chi connectivity index (χ1v) is 11.9. The summed E-state index contributed by atoms with van der Waals surface area (Å²) in [7, 11) is 1.52. The molecule has 4 amide bonds. The van der Waals surface area contributed by atoms with E-state index < -0.39 is 29.4 Å². The monoisotopic (exact) mass is 528 g/mol. The first kappa shape index (κ1) is 25.5. The maximum Gasteiger partial charge on any atom is 0.332 e. The lowest BCUT2D eigenvalue weighted by molar-refractivity contribution is -0.137. The van der Waals surface area contributed by atoms with Crippen molar-refractivity contribution in [2.24, 2.45) is 0 Å². The molecule has 2 saturated heterocycles. The molecule has 0 radical (unpaired) electrons. The molecule has 1 spiro atoms. The molecule has 0 aliphatic carbocycles. The smallest absolute Gasteiger partial charge is 0.332 e. The van der Waals surface area contributed by atoms with Crippen molar-refractivity contribution in [1.82, 2.24) is 9.80 Å². The van der Waals surface area contributed by atoms with Gasteiger partial charge in [0.25, 0.3) is 5.91 Å². The highest BCUT2D eigenvalue weighted by Crippen LogP contribution is 2.46. The zero-order valence-corrected chi connectivity index (χ0v) is 20.8. The van der Waals surface area contributed by atoms with Crippen molar-refractivity contribution in [1.29, 1.82) is 5.26 Å². The molecule has 2 aliphatic heterocycles. The number of hydrogen-bond acceptors (Lipinski definition) is 5. The molecule has 2 aliphatic rings. The van der Waals surface area contributed by atoms with Crippen molar-refractivity contribution in [3.05, 3.63) is 63.6 Å². The normalized spacial score (nSPS) is 21.4. The molecule has 2 heterocycles. The summed E-state index contributed by atoms with van der Waals surface area (Å²) in [6, 6.07) is 12.6. The van der Waals surface area contributed by atoms with Crippen LogP contribution in [-0.4, -0.2) is 64.4 Å². The lowest BCUT2D eigenvalue weighted by Crippen LogP contribution is -2.54. The third-order valence-electron chi connectivity index (χ3n) is 6.74. The Balaban J connectivity index is 1.75. The largest absolute Gasteiger partial charge is 0.481 e. The number of likely N-dealkylation sites (N-methyl/N-ethyl adjacent to an activating group) is 1. The number of carboxylic acids is 1. The summed E-state index contributed by atoms with van der Waals surface area (Å²) in [5.74, 6) is -2.41. The maximum atomic E-state index is 14.1. The van der Waals surface area contributed by atoms with Crippen LogP contribution < -0.4 is 4.90 Å². The Bertz CT molecular complexity index is 1270. The number of imide groups is 1. The molecule has 36 heavy (non-hydrogen) atoms. The van der Waals surface area contributed by atoms with E-state index in [1.54, 1.807) is 24.3 Å². The zero-order valence-electron chi connectivity index (χ0n) is 19.3. The van der Waals surface area contributed by atoms with Gasteiger partial charge in [0.15, 0.2) is 0 Å². The molecular weight excluding hydrogens is 507 g/mol. The van der Waals surface area contributed by atoms with Crippen LogP contribution in [0, 0.1) is 11.3 Å². The maximum absolute atomic E-state index is 14.1. The number of rotatable bonds is 6. The highest BCUT2D eigenvalue weighted by Gasteiger charge is 2.64. The molecule has 9 nitrogen and oxygen atoms in total. The minimum absolute atomic E-state index is 0.00192. The second-order valence-electron chi connectivity index (χ2n) is 8.84. The molecule has 186 valence electrons. The summed E-state index contributed by atoms with van der Waals surface area (Å²) in [6.45, 7) is 0.0841. The van der Waals surface area contributed by atoms with Crippen molar-refractivity contribution < 1.29 is 24.3 Å². The number of urea groups is 1. The number of amides is 4. The Morgan fingerprint density at radius 1 is 1.11 bits per heavy atom. The number of anilines is 1. The summed E-state index contributed by atoms with van der Waals surface area (Å²) in [5.41, 5.74) is -0.0719. The van der Waals surface area contributed by atoms with E-state index in [0.29, 0.717) is 11.1 Å².